The monoisotopic (exact) mass is 629 g/mol. The van der Waals surface area contributed by atoms with Crippen LogP contribution in [0.25, 0.3) is 0 Å². The third kappa shape index (κ3) is 8.09. The fraction of sp³-hybridized carbons (Fsp3) is 0.257. The number of carbonyl (C=O) groups excluding carboxylic acids is 2. The van der Waals surface area contributed by atoms with Crippen molar-refractivity contribution < 1.29 is 18.0 Å². The molecular weight excluding hydrogens is 591 g/mol. The molecule has 0 radical (unpaired) electrons. The summed E-state index contributed by atoms with van der Waals surface area (Å²) in [6.07, 6.45) is 2.20. The van der Waals surface area contributed by atoms with E-state index in [-0.39, 0.29) is 23.8 Å². The quantitative estimate of drug-likeness (QED) is 0.184. The SMILES string of the molecule is CCNC(=O)C(Cc1ccccc1)N(Cc1ccccc1C)C(=O)CN(c1ccc(C)cc1)S(=O)(=O)c1ccc(SC)cc1. The van der Waals surface area contributed by atoms with Crippen molar-refractivity contribution in [3.63, 3.8) is 0 Å². The zero-order chi connectivity index (χ0) is 31.7. The van der Waals surface area contributed by atoms with E-state index in [4.69, 9.17) is 0 Å². The maximum absolute atomic E-state index is 14.5. The Hall–Kier alpha value is -4.08. The Morgan fingerprint density at radius 2 is 1.48 bits per heavy atom. The predicted molar refractivity (Wildman–Crippen MR) is 178 cm³/mol. The molecule has 1 unspecified atom stereocenters. The number of likely N-dealkylation sites (N-methyl/N-ethyl adjacent to an activating group) is 1. The van der Waals surface area contributed by atoms with E-state index >= 15 is 0 Å². The molecular formula is C35H39N3O4S2. The molecule has 0 saturated heterocycles. The van der Waals surface area contributed by atoms with Crippen LogP contribution in [0.5, 0.6) is 0 Å². The number of rotatable bonds is 13. The van der Waals surface area contributed by atoms with E-state index in [9.17, 15) is 18.0 Å². The van der Waals surface area contributed by atoms with Crippen LogP contribution in [0.15, 0.2) is 113 Å². The number of hydrogen-bond donors (Lipinski definition) is 1. The van der Waals surface area contributed by atoms with E-state index in [1.54, 1.807) is 36.4 Å². The van der Waals surface area contributed by atoms with Crippen LogP contribution in [0, 0.1) is 13.8 Å². The first-order valence-electron chi connectivity index (χ1n) is 14.5. The van der Waals surface area contributed by atoms with Crippen LogP contribution in [-0.2, 0) is 32.6 Å². The molecule has 4 rings (SSSR count). The molecule has 1 atom stereocenters. The van der Waals surface area contributed by atoms with E-state index in [0.29, 0.717) is 12.2 Å². The lowest BCUT2D eigenvalue weighted by Crippen LogP contribution is -2.53. The summed E-state index contributed by atoms with van der Waals surface area (Å²) >= 11 is 1.51. The highest BCUT2D eigenvalue weighted by Crippen LogP contribution is 2.27. The number of anilines is 1. The molecule has 9 heteroatoms. The minimum absolute atomic E-state index is 0.0821. The molecule has 0 aromatic heterocycles. The molecule has 0 heterocycles. The van der Waals surface area contributed by atoms with Crippen LogP contribution in [0.2, 0.25) is 0 Å². The highest BCUT2D eigenvalue weighted by Gasteiger charge is 2.34. The van der Waals surface area contributed by atoms with E-state index in [2.05, 4.69) is 5.32 Å². The van der Waals surface area contributed by atoms with Gasteiger partial charge in [0.05, 0.1) is 10.6 Å². The second-order valence-corrected chi connectivity index (χ2v) is 13.3. The molecule has 1 N–H and O–H groups in total. The molecule has 0 saturated carbocycles. The van der Waals surface area contributed by atoms with Gasteiger partial charge in [-0.1, -0.05) is 72.3 Å². The summed E-state index contributed by atoms with van der Waals surface area (Å²) in [6.45, 7) is 5.76. The van der Waals surface area contributed by atoms with Crippen LogP contribution in [0.4, 0.5) is 5.69 Å². The number of nitrogens with one attached hydrogen (secondary N) is 1. The van der Waals surface area contributed by atoms with E-state index < -0.39 is 28.5 Å². The fourth-order valence-electron chi connectivity index (χ4n) is 4.93. The lowest BCUT2D eigenvalue weighted by Gasteiger charge is -2.34. The van der Waals surface area contributed by atoms with Crippen molar-refractivity contribution in [2.75, 3.05) is 23.7 Å². The lowest BCUT2D eigenvalue weighted by atomic mass is 10.0. The lowest BCUT2D eigenvalue weighted by molar-refractivity contribution is -0.140. The van der Waals surface area contributed by atoms with Crippen molar-refractivity contribution >= 4 is 39.3 Å². The zero-order valence-electron chi connectivity index (χ0n) is 25.6. The largest absolute Gasteiger partial charge is 0.355 e. The number of benzene rings is 4. The standard InChI is InChI=1S/C35H39N3O4S2/c1-5-36-35(40)33(23-28-12-7-6-8-13-28)37(24-29-14-10-9-11-27(29)3)34(39)25-38(30-17-15-26(2)16-18-30)44(41,42)32-21-19-31(43-4)20-22-32/h6-22,33H,5,23-25H2,1-4H3,(H,36,40). The van der Waals surface area contributed by atoms with Crippen molar-refractivity contribution in [2.24, 2.45) is 0 Å². The average Bonchev–Trinajstić information content (AvgIpc) is 3.03. The van der Waals surface area contributed by atoms with Crippen LogP contribution in [-0.4, -0.2) is 50.5 Å². The van der Waals surface area contributed by atoms with Gasteiger partial charge in [0.1, 0.15) is 12.6 Å². The molecule has 0 aliphatic heterocycles. The van der Waals surface area contributed by atoms with Crippen molar-refractivity contribution in [1.29, 1.82) is 0 Å². The van der Waals surface area contributed by atoms with Crippen LogP contribution < -0.4 is 9.62 Å². The smallest absolute Gasteiger partial charge is 0.264 e. The van der Waals surface area contributed by atoms with Gasteiger partial charge in [0.15, 0.2) is 0 Å². The third-order valence-electron chi connectivity index (χ3n) is 7.47. The Bertz CT molecular complexity index is 1660. The first-order valence-corrected chi connectivity index (χ1v) is 17.2. The first kappa shape index (κ1) is 32.8. The molecule has 7 nitrogen and oxygen atoms in total. The van der Waals surface area contributed by atoms with E-state index in [1.807, 2.05) is 93.8 Å². The minimum Gasteiger partial charge on any atom is -0.355 e. The third-order valence-corrected chi connectivity index (χ3v) is 10.0. The van der Waals surface area contributed by atoms with E-state index in [1.165, 1.54) is 16.7 Å². The number of nitrogens with zero attached hydrogens (tertiary/aromatic N) is 2. The first-order chi connectivity index (χ1) is 21.1. The van der Waals surface area contributed by atoms with Crippen molar-refractivity contribution in [3.05, 3.63) is 125 Å². The normalized spacial score (nSPS) is 11.9. The molecule has 44 heavy (non-hydrogen) atoms. The van der Waals surface area contributed by atoms with Gasteiger partial charge in [0, 0.05) is 24.4 Å². The highest BCUT2D eigenvalue weighted by molar-refractivity contribution is 7.98. The number of thioether (sulfide) groups is 1. The van der Waals surface area contributed by atoms with Crippen LogP contribution in [0.3, 0.4) is 0 Å². The topological polar surface area (TPSA) is 86.8 Å². The molecule has 0 fully saturated rings. The Morgan fingerprint density at radius 3 is 2.09 bits per heavy atom. The Balaban J connectivity index is 1.80. The van der Waals surface area contributed by atoms with Gasteiger partial charge in [-0.25, -0.2) is 8.42 Å². The minimum atomic E-state index is -4.14. The Labute approximate surface area is 265 Å². The summed E-state index contributed by atoms with van der Waals surface area (Å²) in [5.41, 5.74) is 4.06. The second-order valence-electron chi connectivity index (χ2n) is 10.6. The molecule has 2 amide bonds. The highest BCUT2D eigenvalue weighted by atomic mass is 32.2. The number of carbonyl (C=O) groups is 2. The summed E-state index contributed by atoms with van der Waals surface area (Å²) in [4.78, 5) is 30.6. The van der Waals surface area contributed by atoms with Gasteiger partial charge in [-0.05, 0) is 80.1 Å². The average molecular weight is 630 g/mol. The Morgan fingerprint density at radius 1 is 0.841 bits per heavy atom. The van der Waals surface area contributed by atoms with Crippen LogP contribution in [0.1, 0.15) is 29.2 Å². The van der Waals surface area contributed by atoms with Crippen molar-refractivity contribution in [2.45, 2.75) is 49.6 Å². The molecule has 0 aliphatic rings. The second kappa shape index (κ2) is 15.1. The molecule has 0 spiro atoms. The molecule has 0 bridgehead atoms. The van der Waals surface area contributed by atoms with Gasteiger partial charge in [-0.2, -0.15) is 0 Å². The zero-order valence-corrected chi connectivity index (χ0v) is 27.2. The van der Waals surface area contributed by atoms with Gasteiger partial charge in [0.25, 0.3) is 10.0 Å². The summed E-state index contributed by atoms with van der Waals surface area (Å²) in [7, 11) is -4.14. The van der Waals surface area contributed by atoms with Crippen molar-refractivity contribution in [1.82, 2.24) is 10.2 Å². The molecule has 0 aliphatic carbocycles. The predicted octanol–water partition coefficient (Wildman–Crippen LogP) is 6.00. The number of aryl methyl sites for hydroxylation is 2. The molecule has 230 valence electrons. The maximum atomic E-state index is 14.5. The summed E-state index contributed by atoms with van der Waals surface area (Å²) in [6, 6.07) is 30.0. The van der Waals surface area contributed by atoms with Crippen molar-refractivity contribution in [3.8, 4) is 0 Å². The number of hydrogen-bond acceptors (Lipinski definition) is 5. The van der Waals surface area contributed by atoms with Gasteiger partial charge >= 0.3 is 0 Å². The van der Waals surface area contributed by atoms with Gasteiger partial charge in [-0.3, -0.25) is 13.9 Å². The summed E-state index contributed by atoms with van der Waals surface area (Å²) in [5.74, 6) is -0.777. The summed E-state index contributed by atoms with van der Waals surface area (Å²) in [5, 5.41) is 2.89. The van der Waals surface area contributed by atoms with Gasteiger partial charge < -0.3 is 10.2 Å². The van der Waals surface area contributed by atoms with Gasteiger partial charge in [-0.15, -0.1) is 11.8 Å². The Kier molecular flexibility index (Phi) is 11.3. The number of sulfonamides is 1. The van der Waals surface area contributed by atoms with Gasteiger partial charge in [0.2, 0.25) is 11.8 Å². The fourth-order valence-corrected chi connectivity index (χ4v) is 6.75. The molecule has 4 aromatic rings. The van der Waals surface area contributed by atoms with Crippen LogP contribution >= 0.6 is 11.8 Å². The maximum Gasteiger partial charge on any atom is 0.264 e. The number of amides is 2. The summed E-state index contributed by atoms with van der Waals surface area (Å²) < 4.78 is 29.5. The molecule has 4 aromatic carbocycles. The van der Waals surface area contributed by atoms with E-state index in [0.717, 1.165) is 31.5 Å².